The van der Waals surface area contributed by atoms with Crippen molar-refractivity contribution in [2.45, 2.75) is 11.4 Å². The Morgan fingerprint density at radius 3 is 2.50 bits per heavy atom. The summed E-state index contributed by atoms with van der Waals surface area (Å²) in [5, 5.41) is 1.91. The number of sulfonamides is 1. The summed E-state index contributed by atoms with van der Waals surface area (Å²) in [4.78, 5) is 4.31. The zero-order valence-corrected chi connectivity index (χ0v) is 14.7. The Balaban J connectivity index is 1.61. The molecule has 0 bridgehead atoms. The van der Waals surface area contributed by atoms with Crippen LogP contribution in [0.1, 0.15) is 5.56 Å². The summed E-state index contributed by atoms with van der Waals surface area (Å²) in [7, 11) is -3.61. The molecule has 0 saturated heterocycles. The van der Waals surface area contributed by atoms with Crippen molar-refractivity contribution >= 4 is 20.8 Å². The maximum atomic E-state index is 12.7. The van der Waals surface area contributed by atoms with Crippen molar-refractivity contribution in [3.63, 3.8) is 0 Å². The number of fused-ring (bicyclic) bond motifs is 1. The Morgan fingerprint density at radius 1 is 0.923 bits per heavy atom. The molecule has 0 aliphatic rings. The van der Waals surface area contributed by atoms with Crippen molar-refractivity contribution < 1.29 is 8.42 Å². The van der Waals surface area contributed by atoms with E-state index in [1.165, 1.54) is 0 Å². The molecule has 0 fully saturated rings. The van der Waals surface area contributed by atoms with Crippen LogP contribution in [-0.2, 0) is 16.6 Å². The first-order chi connectivity index (χ1) is 12.6. The van der Waals surface area contributed by atoms with Gasteiger partial charge in [0.15, 0.2) is 0 Å². The molecule has 6 heteroatoms. The molecule has 4 aromatic rings. The normalized spacial score (nSPS) is 11.7. The molecular weight excluding hydrogens is 346 g/mol. The van der Waals surface area contributed by atoms with Crippen molar-refractivity contribution in [3.8, 4) is 5.69 Å². The summed E-state index contributed by atoms with van der Waals surface area (Å²) in [5.41, 5.74) is 1.76. The Morgan fingerprint density at radius 2 is 1.69 bits per heavy atom. The van der Waals surface area contributed by atoms with Crippen LogP contribution in [0.2, 0.25) is 0 Å². The van der Waals surface area contributed by atoms with Crippen LogP contribution in [0, 0.1) is 0 Å². The van der Waals surface area contributed by atoms with Gasteiger partial charge in [0.1, 0.15) is 0 Å². The smallest absolute Gasteiger partial charge is 0.240 e. The number of hydrogen-bond acceptors (Lipinski definition) is 3. The monoisotopic (exact) mass is 363 g/mol. The maximum Gasteiger partial charge on any atom is 0.240 e. The summed E-state index contributed by atoms with van der Waals surface area (Å²) < 4.78 is 30.0. The van der Waals surface area contributed by atoms with Gasteiger partial charge in [-0.2, -0.15) is 0 Å². The van der Waals surface area contributed by atoms with Crippen LogP contribution < -0.4 is 4.72 Å². The van der Waals surface area contributed by atoms with Gasteiger partial charge in [-0.1, -0.05) is 48.5 Å². The molecule has 0 unspecified atom stereocenters. The highest BCUT2D eigenvalue weighted by molar-refractivity contribution is 7.89. The van der Waals surface area contributed by atoms with Gasteiger partial charge in [-0.05, 0) is 34.5 Å². The number of benzene rings is 3. The third-order valence-corrected chi connectivity index (χ3v) is 5.66. The van der Waals surface area contributed by atoms with Gasteiger partial charge in [-0.25, -0.2) is 18.1 Å². The summed E-state index contributed by atoms with van der Waals surface area (Å²) in [5.74, 6) is 0. The fourth-order valence-corrected chi connectivity index (χ4v) is 3.95. The minimum Gasteiger partial charge on any atom is -0.306 e. The largest absolute Gasteiger partial charge is 0.306 e. The maximum absolute atomic E-state index is 12.7. The van der Waals surface area contributed by atoms with E-state index in [4.69, 9.17) is 0 Å². The van der Waals surface area contributed by atoms with Crippen molar-refractivity contribution in [1.29, 1.82) is 0 Å². The van der Waals surface area contributed by atoms with E-state index >= 15 is 0 Å². The summed E-state index contributed by atoms with van der Waals surface area (Å²) in [6, 6.07) is 20.5. The number of nitrogens with zero attached hydrogens (tertiary/aromatic N) is 2. The molecule has 0 aliphatic carbocycles. The number of imidazole rings is 1. The number of nitrogens with one attached hydrogen (secondary N) is 1. The fraction of sp³-hybridized carbons (Fsp3) is 0.0500. The van der Waals surface area contributed by atoms with Crippen LogP contribution in [-0.4, -0.2) is 18.0 Å². The molecule has 26 heavy (non-hydrogen) atoms. The molecule has 0 radical (unpaired) electrons. The quantitative estimate of drug-likeness (QED) is 0.590. The molecule has 1 aromatic heterocycles. The highest BCUT2D eigenvalue weighted by Gasteiger charge is 2.15. The Kier molecular flexibility index (Phi) is 4.28. The van der Waals surface area contributed by atoms with Gasteiger partial charge in [0.05, 0.1) is 16.9 Å². The van der Waals surface area contributed by atoms with Crippen molar-refractivity contribution in [1.82, 2.24) is 14.3 Å². The Bertz CT molecular complexity index is 1150. The molecule has 0 atom stereocenters. The molecule has 3 aromatic carbocycles. The Labute approximate surface area is 152 Å². The lowest BCUT2D eigenvalue weighted by molar-refractivity contribution is 0.581. The average molecular weight is 363 g/mol. The lowest BCUT2D eigenvalue weighted by atomic mass is 10.1. The van der Waals surface area contributed by atoms with Crippen LogP contribution in [0.3, 0.4) is 0 Å². The molecule has 1 heterocycles. The third kappa shape index (κ3) is 3.24. The molecule has 0 saturated carbocycles. The second-order valence-electron chi connectivity index (χ2n) is 5.93. The zero-order valence-electron chi connectivity index (χ0n) is 13.9. The molecule has 4 rings (SSSR count). The number of aromatic nitrogens is 2. The van der Waals surface area contributed by atoms with E-state index in [0.29, 0.717) is 0 Å². The lowest BCUT2D eigenvalue weighted by Gasteiger charge is -2.12. The first-order valence-electron chi connectivity index (χ1n) is 8.18. The van der Waals surface area contributed by atoms with E-state index in [1.54, 1.807) is 24.7 Å². The standard InChI is InChI=1S/C20H17N3O2S/c24-26(25,19-10-9-16-5-1-2-6-17(16)13-19)22-14-18-7-3-4-8-20(18)23-12-11-21-15-23/h1-13,15,22H,14H2. The van der Waals surface area contributed by atoms with E-state index < -0.39 is 10.0 Å². The van der Waals surface area contributed by atoms with Crippen molar-refractivity contribution in [2.75, 3.05) is 0 Å². The fourth-order valence-electron chi connectivity index (χ4n) is 2.90. The van der Waals surface area contributed by atoms with Gasteiger partial charge in [-0.15, -0.1) is 0 Å². The molecule has 0 aliphatic heterocycles. The number of hydrogen-bond donors (Lipinski definition) is 1. The highest BCUT2D eigenvalue weighted by Crippen LogP contribution is 2.20. The lowest BCUT2D eigenvalue weighted by Crippen LogP contribution is -2.23. The van der Waals surface area contributed by atoms with Crippen LogP contribution >= 0.6 is 0 Å². The predicted octanol–water partition coefficient (Wildman–Crippen LogP) is 3.50. The van der Waals surface area contributed by atoms with Crippen LogP contribution in [0.25, 0.3) is 16.5 Å². The third-order valence-electron chi connectivity index (χ3n) is 4.26. The van der Waals surface area contributed by atoms with Gasteiger partial charge in [0.2, 0.25) is 10.0 Å². The molecule has 1 N–H and O–H groups in total. The van der Waals surface area contributed by atoms with E-state index in [9.17, 15) is 8.42 Å². The second-order valence-corrected chi connectivity index (χ2v) is 7.70. The van der Waals surface area contributed by atoms with Gasteiger partial charge in [-0.3, -0.25) is 0 Å². The SMILES string of the molecule is O=S(=O)(NCc1ccccc1-n1ccnc1)c1ccc2ccccc2c1. The topological polar surface area (TPSA) is 64.0 Å². The Hall–Kier alpha value is -2.96. The second kappa shape index (κ2) is 6.74. The minimum absolute atomic E-state index is 0.198. The van der Waals surface area contributed by atoms with Crippen LogP contribution in [0.4, 0.5) is 0 Å². The molecular formula is C20H17N3O2S. The van der Waals surface area contributed by atoms with Crippen LogP contribution in [0.5, 0.6) is 0 Å². The van der Waals surface area contributed by atoms with Gasteiger partial charge in [0, 0.05) is 18.9 Å². The first kappa shape index (κ1) is 16.5. The van der Waals surface area contributed by atoms with E-state index in [0.717, 1.165) is 22.0 Å². The van der Waals surface area contributed by atoms with Crippen molar-refractivity contribution in [3.05, 3.63) is 91.0 Å². The first-order valence-corrected chi connectivity index (χ1v) is 9.66. The van der Waals surface area contributed by atoms with E-state index in [1.807, 2.05) is 65.4 Å². The van der Waals surface area contributed by atoms with Gasteiger partial charge in [0.25, 0.3) is 0 Å². The van der Waals surface area contributed by atoms with E-state index in [2.05, 4.69) is 9.71 Å². The molecule has 5 nitrogen and oxygen atoms in total. The van der Waals surface area contributed by atoms with E-state index in [-0.39, 0.29) is 11.4 Å². The molecule has 130 valence electrons. The van der Waals surface area contributed by atoms with Crippen LogP contribution in [0.15, 0.2) is 90.3 Å². The summed E-state index contributed by atoms with van der Waals surface area (Å²) in [6.45, 7) is 0.198. The predicted molar refractivity (Wildman–Crippen MR) is 102 cm³/mol. The molecule has 0 spiro atoms. The summed E-state index contributed by atoms with van der Waals surface area (Å²) in [6.07, 6.45) is 5.21. The zero-order chi connectivity index (χ0) is 18.0. The number of para-hydroxylation sites is 1. The minimum atomic E-state index is -3.61. The molecule has 0 amide bonds. The number of rotatable bonds is 5. The average Bonchev–Trinajstić information content (AvgIpc) is 3.21. The highest BCUT2D eigenvalue weighted by atomic mass is 32.2. The van der Waals surface area contributed by atoms with Crippen molar-refractivity contribution in [2.24, 2.45) is 0 Å². The van der Waals surface area contributed by atoms with Gasteiger partial charge >= 0.3 is 0 Å². The summed E-state index contributed by atoms with van der Waals surface area (Å²) >= 11 is 0. The van der Waals surface area contributed by atoms with Gasteiger partial charge < -0.3 is 4.57 Å².